The Labute approximate surface area is 91.0 Å². The molecule has 0 aromatic carbocycles. The fraction of sp³-hybridized carbons (Fsp3) is 0.182. The predicted octanol–water partition coefficient (Wildman–Crippen LogP) is 2.68. The van der Waals surface area contributed by atoms with Crippen molar-refractivity contribution in [1.82, 2.24) is 4.98 Å². The molecule has 4 heteroatoms. The lowest BCUT2D eigenvalue weighted by Gasteiger charge is -1.92. The van der Waals surface area contributed by atoms with Gasteiger partial charge in [-0.3, -0.25) is 4.79 Å². The Kier molecular flexibility index (Phi) is 2.25. The first kappa shape index (κ1) is 9.81. The van der Waals surface area contributed by atoms with Crippen LogP contribution in [0.4, 0.5) is 0 Å². The normalized spacial score (nSPS) is 10.2. The number of hydrogen-bond donors (Lipinski definition) is 0. The lowest BCUT2D eigenvalue weighted by Crippen LogP contribution is -1.88. The van der Waals surface area contributed by atoms with E-state index in [1.54, 1.807) is 13.0 Å². The third-order valence-corrected chi connectivity index (χ3v) is 3.56. The van der Waals surface area contributed by atoms with Crippen LogP contribution in [0.1, 0.15) is 27.7 Å². The summed E-state index contributed by atoms with van der Waals surface area (Å²) >= 11 is 1.38. The van der Waals surface area contributed by atoms with Crippen LogP contribution >= 0.6 is 11.3 Å². The van der Waals surface area contributed by atoms with Crippen LogP contribution in [-0.4, -0.2) is 10.8 Å². The lowest BCUT2D eigenvalue weighted by atomic mass is 10.1. The van der Waals surface area contributed by atoms with Gasteiger partial charge in [-0.2, -0.15) is 5.26 Å². The van der Waals surface area contributed by atoms with Crippen molar-refractivity contribution in [3.63, 3.8) is 0 Å². The molecule has 0 aliphatic carbocycles. The van der Waals surface area contributed by atoms with Crippen molar-refractivity contribution in [3.05, 3.63) is 28.3 Å². The molecule has 2 aromatic heterocycles. The quantitative estimate of drug-likeness (QED) is 0.688. The summed E-state index contributed by atoms with van der Waals surface area (Å²) in [4.78, 5) is 17.0. The Bertz CT molecular complexity index is 592. The van der Waals surface area contributed by atoms with Gasteiger partial charge in [0.15, 0.2) is 5.78 Å². The molecule has 0 amide bonds. The van der Waals surface area contributed by atoms with Gasteiger partial charge in [-0.25, -0.2) is 4.98 Å². The highest BCUT2D eigenvalue weighted by molar-refractivity contribution is 7.20. The fourth-order valence-corrected chi connectivity index (χ4v) is 2.52. The molecule has 0 aliphatic heterocycles. The molecular weight excluding hydrogens is 208 g/mol. The molecule has 2 rings (SSSR count). The number of nitrogens with zero attached hydrogens (tertiary/aromatic N) is 2. The highest BCUT2D eigenvalue weighted by atomic mass is 32.1. The van der Waals surface area contributed by atoms with E-state index in [1.165, 1.54) is 17.5 Å². The molecule has 0 atom stereocenters. The number of nitriles is 1. The van der Waals surface area contributed by atoms with E-state index in [0.29, 0.717) is 5.56 Å². The van der Waals surface area contributed by atoms with Gasteiger partial charge in [-0.05, 0) is 25.5 Å². The minimum absolute atomic E-state index is 0.0500. The number of fused-ring (bicyclic) bond motifs is 1. The van der Waals surface area contributed by atoms with E-state index in [1.807, 2.05) is 13.0 Å². The molecule has 0 unspecified atom stereocenters. The molecule has 0 saturated carbocycles. The molecule has 0 radical (unpaired) electrons. The topological polar surface area (TPSA) is 53.8 Å². The van der Waals surface area contributed by atoms with Crippen LogP contribution in [0.5, 0.6) is 0 Å². The van der Waals surface area contributed by atoms with E-state index in [-0.39, 0.29) is 5.78 Å². The maximum atomic E-state index is 11.3. The van der Waals surface area contributed by atoms with Crippen molar-refractivity contribution in [1.29, 1.82) is 5.26 Å². The Balaban J connectivity index is 2.79. The number of thiophene rings is 1. The van der Waals surface area contributed by atoms with E-state index < -0.39 is 0 Å². The van der Waals surface area contributed by atoms with Crippen LogP contribution in [-0.2, 0) is 0 Å². The molecule has 0 saturated heterocycles. The first-order chi connectivity index (χ1) is 7.13. The smallest absolute Gasteiger partial charge is 0.170 e. The van der Waals surface area contributed by atoms with Gasteiger partial charge in [0.1, 0.15) is 10.9 Å². The summed E-state index contributed by atoms with van der Waals surface area (Å²) in [6.07, 6.45) is 1.53. The first-order valence-corrected chi connectivity index (χ1v) is 5.25. The van der Waals surface area contributed by atoms with Gasteiger partial charge in [-0.1, -0.05) is 0 Å². The Hall–Kier alpha value is -1.73. The van der Waals surface area contributed by atoms with E-state index in [2.05, 4.69) is 4.98 Å². The first-order valence-electron chi connectivity index (χ1n) is 4.43. The summed E-state index contributed by atoms with van der Waals surface area (Å²) in [7, 11) is 0. The Morgan fingerprint density at radius 2 is 2.33 bits per heavy atom. The number of pyridine rings is 1. The molecule has 74 valence electrons. The van der Waals surface area contributed by atoms with Crippen molar-refractivity contribution in [2.75, 3.05) is 0 Å². The highest BCUT2D eigenvalue weighted by Gasteiger charge is 2.12. The second-order valence-electron chi connectivity index (χ2n) is 3.30. The number of aromatic nitrogens is 1. The number of carbonyl (C=O) groups is 1. The largest absolute Gasteiger partial charge is 0.294 e. The monoisotopic (exact) mass is 216 g/mol. The molecule has 15 heavy (non-hydrogen) atoms. The number of rotatable bonds is 1. The summed E-state index contributed by atoms with van der Waals surface area (Å²) in [5.41, 5.74) is 1.45. The molecule has 3 nitrogen and oxygen atoms in total. The van der Waals surface area contributed by atoms with Crippen LogP contribution in [0, 0.1) is 18.3 Å². The van der Waals surface area contributed by atoms with Gasteiger partial charge in [0, 0.05) is 11.6 Å². The molecule has 2 aromatic rings. The van der Waals surface area contributed by atoms with Crippen molar-refractivity contribution < 1.29 is 4.79 Å². The zero-order valence-electron chi connectivity index (χ0n) is 8.37. The predicted molar refractivity (Wildman–Crippen MR) is 59.1 cm³/mol. The van der Waals surface area contributed by atoms with Crippen molar-refractivity contribution in [2.45, 2.75) is 13.8 Å². The molecule has 0 fully saturated rings. The van der Waals surface area contributed by atoms with Crippen LogP contribution in [0.25, 0.3) is 10.2 Å². The summed E-state index contributed by atoms with van der Waals surface area (Å²) < 4.78 is 0. The van der Waals surface area contributed by atoms with Gasteiger partial charge < -0.3 is 0 Å². The van der Waals surface area contributed by atoms with E-state index in [4.69, 9.17) is 5.26 Å². The Morgan fingerprint density at radius 1 is 1.60 bits per heavy atom. The van der Waals surface area contributed by atoms with Crippen LogP contribution in [0.2, 0.25) is 0 Å². The summed E-state index contributed by atoms with van der Waals surface area (Å²) in [6, 6.07) is 3.82. The summed E-state index contributed by atoms with van der Waals surface area (Å²) in [5.74, 6) is 0.0500. The van der Waals surface area contributed by atoms with Gasteiger partial charge in [-0.15, -0.1) is 11.3 Å². The maximum Gasteiger partial charge on any atom is 0.170 e. The van der Waals surface area contributed by atoms with Crippen LogP contribution in [0.3, 0.4) is 0 Å². The maximum absolute atomic E-state index is 11.3. The average Bonchev–Trinajstić information content (AvgIpc) is 2.56. The van der Waals surface area contributed by atoms with Crippen molar-refractivity contribution in [3.8, 4) is 6.07 Å². The second kappa shape index (κ2) is 3.44. The average molecular weight is 216 g/mol. The Morgan fingerprint density at radius 3 is 2.93 bits per heavy atom. The fourth-order valence-electron chi connectivity index (χ4n) is 1.49. The number of ketones is 1. The van der Waals surface area contributed by atoms with Crippen molar-refractivity contribution >= 4 is 27.3 Å². The second-order valence-corrected chi connectivity index (χ2v) is 4.30. The summed E-state index contributed by atoms with van der Waals surface area (Å²) in [5, 5.41) is 9.66. The summed E-state index contributed by atoms with van der Waals surface area (Å²) in [6.45, 7) is 3.43. The van der Waals surface area contributed by atoms with E-state index in [0.717, 1.165) is 20.7 Å². The molecule has 0 N–H and O–H groups in total. The standard InChI is InChI=1S/C11H8N2OS/c1-6-9-3-8(4-12)5-13-11(9)15-10(6)7(2)14/h3,5H,1-2H3. The third-order valence-electron chi connectivity index (χ3n) is 2.24. The van der Waals surface area contributed by atoms with Crippen molar-refractivity contribution in [2.24, 2.45) is 0 Å². The molecular formula is C11H8N2OS. The lowest BCUT2D eigenvalue weighted by molar-refractivity contribution is 0.102. The molecule has 0 spiro atoms. The van der Waals surface area contributed by atoms with Gasteiger partial charge in [0.05, 0.1) is 10.4 Å². The highest BCUT2D eigenvalue weighted by Crippen LogP contribution is 2.29. The molecule has 0 aliphatic rings. The molecule has 0 bridgehead atoms. The van der Waals surface area contributed by atoms with E-state index >= 15 is 0 Å². The van der Waals surface area contributed by atoms with Gasteiger partial charge >= 0.3 is 0 Å². The number of hydrogen-bond acceptors (Lipinski definition) is 4. The minimum Gasteiger partial charge on any atom is -0.294 e. The van der Waals surface area contributed by atoms with Crippen LogP contribution in [0.15, 0.2) is 12.3 Å². The third kappa shape index (κ3) is 1.51. The number of carbonyl (C=O) groups excluding carboxylic acids is 1. The number of aryl methyl sites for hydroxylation is 1. The SMILES string of the molecule is CC(=O)c1sc2ncc(C#N)cc2c1C. The zero-order chi connectivity index (χ0) is 11.0. The van der Waals surface area contributed by atoms with E-state index in [9.17, 15) is 4.79 Å². The van der Waals surface area contributed by atoms with Gasteiger partial charge in [0.25, 0.3) is 0 Å². The zero-order valence-corrected chi connectivity index (χ0v) is 9.18. The van der Waals surface area contributed by atoms with Gasteiger partial charge in [0.2, 0.25) is 0 Å². The van der Waals surface area contributed by atoms with Crippen LogP contribution < -0.4 is 0 Å². The minimum atomic E-state index is 0.0500. The molecule has 2 heterocycles. The number of Topliss-reactive ketones (excluding diaryl/α,β-unsaturated/α-hetero) is 1.